The van der Waals surface area contributed by atoms with E-state index in [4.69, 9.17) is 0 Å². The van der Waals surface area contributed by atoms with E-state index in [1.54, 1.807) is 12.1 Å². The summed E-state index contributed by atoms with van der Waals surface area (Å²) in [7, 11) is 0. The molecule has 0 N–H and O–H groups in total. The highest BCUT2D eigenvalue weighted by Gasteiger charge is 2.19. The third kappa shape index (κ3) is 1.67. The number of hydrogen-bond acceptors (Lipinski definition) is 1. The SMILES string of the molecule is CC(C)c1c(Br)c2cccc(F)c2c[n+]1[O-]. The van der Waals surface area contributed by atoms with Crippen molar-refractivity contribution in [1.82, 2.24) is 0 Å². The first-order chi connectivity index (χ1) is 7.52. The Morgan fingerprint density at radius 1 is 1.31 bits per heavy atom. The maximum absolute atomic E-state index is 13.5. The van der Waals surface area contributed by atoms with E-state index in [9.17, 15) is 9.60 Å². The summed E-state index contributed by atoms with van der Waals surface area (Å²) in [5.41, 5.74) is 0.623. The molecule has 0 bridgehead atoms. The van der Waals surface area contributed by atoms with E-state index in [-0.39, 0.29) is 11.7 Å². The van der Waals surface area contributed by atoms with E-state index in [0.29, 0.717) is 15.6 Å². The molecule has 0 unspecified atom stereocenters. The smallest absolute Gasteiger partial charge is 0.210 e. The normalized spacial score (nSPS) is 11.3. The summed E-state index contributed by atoms with van der Waals surface area (Å²) in [6, 6.07) is 4.79. The summed E-state index contributed by atoms with van der Waals surface area (Å²) in [6.07, 6.45) is 1.30. The molecule has 2 nitrogen and oxygen atoms in total. The molecular formula is C12H11BrFNO. The quantitative estimate of drug-likeness (QED) is 0.581. The van der Waals surface area contributed by atoms with Crippen molar-refractivity contribution in [3.05, 3.63) is 45.6 Å². The van der Waals surface area contributed by atoms with Gasteiger partial charge in [-0.15, -0.1) is 0 Å². The summed E-state index contributed by atoms with van der Waals surface area (Å²) in [5.74, 6) is -0.294. The monoisotopic (exact) mass is 283 g/mol. The summed E-state index contributed by atoms with van der Waals surface area (Å²) in [6.45, 7) is 3.86. The number of halogens is 2. The number of nitrogens with zero attached hydrogens (tertiary/aromatic N) is 1. The number of fused-ring (bicyclic) bond motifs is 1. The minimum Gasteiger partial charge on any atom is -0.618 e. The summed E-state index contributed by atoms with van der Waals surface area (Å²) >= 11 is 3.38. The van der Waals surface area contributed by atoms with Crippen LogP contribution in [0.5, 0.6) is 0 Å². The molecule has 2 rings (SSSR count). The molecule has 0 spiro atoms. The molecule has 16 heavy (non-hydrogen) atoms. The molecule has 0 radical (unpaired) electrons. The first-order valence-corrected chi connectivity index (χ1v) is 5.81. The zero-order valence-corrected chi connectivity index (χ0v) is 10.6. The fourth-order valence-electron chi connectivity index (χ4n) is 1.79. The van der Waals surface area contributed by atoms with Crippen molar-refractivity contribution in [3.8, 4) is 0 Å². The van der Waals surface area contributed by atoms with E-state index < -0.39 is 0 Å². The predicted molar refractivity (Wildman–Crippen MR) is 64.7 cm³/mol. The van der Waals surface area contributed by atoms with Crippen LogP contribution < -0.4 is 4.73 Å². The summed E-state index contributed by atoms with van der Waals surface area (Å²) < 4.78 is 14.9. The second-order valence-electron chi connectivity index (χ2n) is 4.01. The Morgan fingerprint density at radius 2 is 2.00 bits per heavy atom. The first kappa shape index (κ1) is 11.3. The number of rotatable bonds is 1. The van der Waals surface area contributed by atoms with Gasteiger partial charge in [-0.2, -0.15) is 4.73 Å². The van der Waals surface area contributed by atoms with Crippen molar-refractivity contribution in [2.24, 2.45) is 0 Å². The molecule has 0 aliphatic heterocycles. The lowest BCUT2D eigenvalue weighted by Gasteiger charge is -2.11. The second kappa shape index (κ2) is 4.01. The van der Waals surface area contributed by atoms with Crippen LogP contribution in [0, 0.1) is 11.0 Å². The third-order valence-corrected chi connectivity index (χ3v) is 3.38. The number of pyridine rings is 1. The minimum atomic E-state index is -0.377. The highest BCUT2D eigenvalue weighted by atomic mass is 79.9. The molecule has 4 heteroatoms. The summed E-state index contributed by atoms with van der Waals surface area (Å²) in [4.78, 5) is 0. The third-order valence-electron chi connectivity index (χ3n) is 2.54. The van der Waals surface area contributed by atoms with Crippen LogP contribution in [0.15, 0.2) is 28.9 Å². The Balaban J connectivity index is 2.89. The van der Waals surface area contributed by atoms with Crippen LogP contribution in [0.25, 0.3) is 10.8 Å². The fraction of sp³-hybridized carbons (Fsp3) is 0.250. The lowest BCUT2D eigenvalue weighted by atomic mass is 10.1. The highest BCUT2D eigenvalue weighted by molar-refractivity contribution is 9.10. The average Bonchev–Trinajstić information content (AvgIpc) is 2.19. The molecule has 0 amide bonds. The molecule has 0 aliphatic carbocycles. The maximum atomic E-state index is 13.5. The first-order valence-electron chi connectivity index (χ1n) is 5.02. The zero-order chi connectivity index (χ0) is 11.9. The zero-order valence-electron chi connectivity index (χ0n) is 9.00. The van der Waals surface area contributed by atoms with Gasteiger partial charge in [0.2, 0.25) is 5.69 Å². The minimum absolute atomic E-state index is 0.0829. The molecule has 0 aliphatic rings. The lowest BCUT2D eigenvalue weighted by Crippen LogP contribution is -2.32. The number of benzene rings is 1. The predicted octanol–water partition coefficient (Wildman–Crippen LogP) is 3.50. The van der Waals surface area contributed by atoms with Crippen molar-refractivity contribution in [2.75, 3.05) is 0 Å². The Labute approximate surface area is 101 Å². The van der Waals surface area contributed by atoms with Gasteiger partial charge in [-0.05, 0) is 22.0 Å². The molecule has 2 aromatic rings. The van der Waals surface area contributed by atoms with Gasteiger partial charge in [0, 0.05) is 11.3 Å². The van der Waals surface area contributed by atoms with E-state index in [1.807, 2.05) is 13.8 Å². The average molecular weight is 284 g/mol. The fourth-order valence-corrected chi connectivity index (χ4v) is 2.77. The van der Waals surface area contributed by atoms with E-state index in [0.717, 1.165) is 10.1 Å². The van der Waals surface area contributed by atoms with Crippen molar-refractivity contribution in [1.29, 1.82) is 0 Å². The van der Waals surface area contributed by atoms with Crippen molar-refractivity contribution < 1.29 is 9.12 Å². The molecule has 1 heterocycles. The maximum Gasteiger partial charge on any atom is 0.210 e. The van der Waals surface area contributed by atoms with Gasteiger partial charge in [0.25, 0.3) is 0 Å². The van der Waals surface area contributed by atoms with Crippen LogP contribution in [0.2, 0.25) is 0 Å². The Hall–Kier alpha value is -1.16. The molecule has 0 saturated heterocycles. The van der Waals surface area contributed by atoms with Gasteiger partial charge in [-0.25, -0.2) is 4.39 Å². The van der Waals surface area contributed by atoms with Gasteiger partial charge in [0.05, 0.1) is 9.86 Å². The standard InChI is InChI=1S/C12H11BrFNO/c1-7(2)12-11(13)8-4-3-5-10(14)9(8)6-15(12)16/h3-7H,1-2H3. The van der Waals surface area contributed by atoms with Gasteiger partial charge in [0.1, 0.15) is 5.82 Å². The van der Waals surface area contributed by atoms with E-state index in [1.165, 1.54) is 12.3 Å². The topological polar surface area (TPSA) is 26.9 Å². The summed E-state index contributed by atoms with van der Waals surface area (Å²) in [5, 5.41) is 12.8. The molecule has 1 aromatic carbocycles. The molecule has 0 saturated carbocycles. The number of hydrogen-bond donors (Lipinski definition) is 0. The molecular weight excluding hydrogens is 273 g/mol. The largest absolute Gasteiger partial charge is 0.618 e. The van der Waals surface area contributed by atoms with Gasteiger partial charge in [-0.1, -0.05) is 26.0 Å². The van der Waals surface area contributed by atoms with Crippen LogP contribution >= 0.6 is 15.9 Å². The van der Waals surface area contributed by atoms with Crippen molar-refractivity contribution >= 4 is 26.7 Å². The van der Waals surface area contributed by atoms with E-state index in [2.05, 4.69) is 15.9 Å². The van der Waals surface area contributed by atoms with Crippen LogP contribution in [0.4, 0.5) is 4.39 Å². The Kier molecular flexibility index (Phi) is 2.84. The van der Waals surface area contributed by atoms with Crippen LogP contribution in [0.3, 0.4) is 0 Å². The van der Waals surface area contributed by atoms with Crippen molar-refractivity contribution in [3.63, 3.8) is 0 Å². The lowest BCUT2D eigenvalue weighted by molar-refractivity contribution is -0.614. The van der Waals surface area contributed by atoms with Crippen LogP contribution in [-0.2, 0) is 0 Å². The Morgan fingerprint density at radius 3 is 2.62 bits per heavy atom. The van der Waals surface area contributed by atoms with Gasteiger partial charge in [-0.3, -0.25) is 0 Å². The van der Waals surface area contributed by atoms with Crippen LogP contribution in [0.1, 0.15) is 25.5 Å². The Bertz CT molecular complexity index is 554. The van der Waals surface area contributed by atoms with Gasteiger partial charge >= 0.3 is 0 Å². The molecule has 0 atom stereocenters. The van der Waals surface area contributed by atoms with E-state index >= 15 is 0 Å². The molecule has 84 valence electrons. The molecule has 1 aromatic heterocycles. The molecule has 0 fully saturated rings. The van der Waals surface area contributed by atoms with Gasteiger partial charge in [0.15, 0.2) is 6.20 Å². The number of aromatic nitrogens is 1. The van der Waals surface area contributed by atoms with Crippen LogP contribution in [-0.4, -0.2) is 0 Å². The van der Waals surface area contributed by atoms with Gasteiger partial charge < -0.3 is 5.21 Å². The van der Waals surface area contributed by atoms with Crippen molar-refractivity contribution in [2.45, 2.75) is 19.8 Å². The highest BCUT2D eigenvalue weighted by Crippen LogP contribution is 2.30. The second-order valence-corrected chi connectivity index (χ2v) is 4.80.